The van der Waals surface area contributed by atoms with Gasteiger partial charge in [-0.15, -0.1) is 0 Å². The lowest BCUT2D eigenvalue weighted by Crippen LogP contribution is -2.10. The van der Waals surface area contributed by atoms with Crippen molar-refractivity contribution in [2.75, 3.05) is 0 Å². The molecule has 0 aliphatic carbocycles. The van der Waals surface area contributed by atoms with Gasteiger partial charge in [-0.05, 0) is 23.6 Å². The molecule has 1 N–H and O–H groups in total. The third-order valence-electron chi connectivity index (χ3n) is 2.73. The van der Waals surface area contributed by atoms with Crippen LogP contribution in [0.4, 0.5) is 0 Å². The summed E-state index contributed by atoms with van der Waals surface area (Å²) < 4.78 is 0. The summed E-state index contributed by atoms with van der Waals surface area (Å²) in [5.41, 5.74) is 3.46. The smallest absolute Gasteiger partial charge is 0.335 e. The van der Waals surface area contributed by atoms with E-state index < -0.39 is 5.97 Å². The predicted molar refractivity (Wildman–Crippen MR) is 70.8 cm³/mol. The van der Waals surface area contributed by atoms with E-state index in [0.29, 0.717) is 12.0 Å². The first-order valence-corrected chi connectivity index (χ1v) is 5.53. The van der Waals surface area contributed by atoms with Crippen molar-refractivity contribution < 1.29 is 9.90 Å². The Balaban J connectivity index is 2.37. The number of hydrogen-bond donors (Lipinski definition) is 1. The lowest BCUT2D eigenvalue weighted by Gasteiger charge is -2.07. The zero-order valence-electron chi connectivity index (χ0n) is 9.68. The summed E-state index contributed by atoms with van der Waals surface area (Å²) in [6, 6.07) is 15.3. The first-order chi connectivity index (χ1) is 8.16. The van der Waals surface area contributed by atoms with Gasteiger partial charge in [0.15, 0.2) is 0 Å². The second kappa shape index (κ2) is 4.87. The molecule has 0 aromatic heterocycles. The van der Waals surface area contributed by atoms with E-state index in [2.05, 4.69) is 0 Å². The molecule has 0 heterocycles. The van der Waals surface area contributed by atoms with E-state index in [-0.39, 0.29) is 0 Å². The second-order valence-corrected chi connectivity index (χ2v) is 4.13. The highest BCUT2D eigenvalue weighted by Crippen LogP contribution is 2.13. The quantitative estimate of drug-likeness (QED) is 0.796. The van der Waals surface area contributed by atoms with Crippen LogP contribution in [0.5, 0.6) is 0 Å². The average Bonchev–Trinajstić information content (AvgIpc) is 2.30. The van der Waals surface area contributed by atoms with Crippen molar-refractivity contribution in [2.24, 2.45) is 0 Å². The second-order valence-electron chi connectivity index (χ2n) is 4.13. The molecule has 2 rings (SSSR count). The molecule has 0 spiro atoms. The molecule has 0 fully saturated rings. The molecular weight excluding hydrogens is 211 g/mol. The number of benzene rings is 2. The monoisotopic (exact) mass is 224 g/mol. The summed E-state index contributed by atoms with van der Waals surface area (Å²) >= 11 is 0. The van der Waals surface area contributed by atoms with Crippen LogP contribution in [0.1, 0.15) is 21.5 Å². The molecule has 2 aromatic rings. The summed E-state index contributed by atoms with van der Waals surface area (Å²) in [7, 11) is 1.97. The van der Waals surface area contributed by atoms with Gasteiger partial charge in [0, 0.05) is 0 Å². The van der Waals surface area contributed by atoms with E-state index in [1.807, 2.05) is 50.3 Å². The molecule has 2 nitrogen and oxygen atoms in total. The van der Waals surface area contributed by atoms with Crippen LogP contribution in [-0.2, 0) is 6.42 Å². The van der Waals surface area contributed by atoms with Crippen molar-refractivity contribution in [1.82, 2.24) is 0 Å². The molecule has 17 heavy (non-hydrogen) atoms. The van der Waals surface area contributed by atoms with Crippen LogP contribution in [-0.4, -0.2) is 18.9 Å². The molecule has 0 saturated heterocycles. The van der Waals surface area contributed by atoms with Crippen molar-refractivity contribution in [3.63, 3.8) is 0 Å². The van der Waals surface area contributed by atoms with E-state index >= 15 is 0 Å². The Morgan fingerprint density at radius 1 is 1.12 bits per heavy atom. The summed E-state index contributed by atoms with van der Waals surface area (Å²) in [6.07, 6.45) is 0.657. The van der Waals surface area contributed by atoms with Crippen LogP contribution in [0, 0.1) is 0 Å². The SMILES string of the molecule is Bc1ccc(C(=O)O)c(Cc2ccccc2)c1. The Morgan fingerprint density at radius 2 is 1.82 bits per heavy atom. The van der Waals surface area contributed by atoms with Gasteiger partial charge in [0.1, 0.15) is 7.85 Å². The van der Waals surface area contributed by atoms with E-state index in [0.717, 1.165) is 16.6 Å². The molecule has 0 aliphatic rings. The Labute approximate surface area is 101 Å². The van der Waals surface area contributed by atoms with Gasteiger partial charge < -0.3 is 5.11 Å². The van der Waals surface area contributed by atoms with E-state index in [4.69, 9.17) is 5.11 Å². The third kappa shape index (κ3) is 2.75. The number of carboxylic acids is 1. The third-order valence-corrected chi connectivity index (χ3v) is 2.73. The van der Waals surface area contributed by atoms with Crippen molar-refractivity contribution in [2.45, 2.75) is 6.42 Å². The first kappa shape index (κ1) is 11.5. The molecular formula is C14H13BO2. The van der Waals surface area contributed by atoms with Crippen molar-refractivity contribution >= 4 is 19.3 Å². The van der Waals surface area contributed by atoms with Gasteiger partial charge in [0.05, 0.1) is 5.56 Å². The van der Waals surface area contributed by atoms with Crippen LogP contribution in [0.15, 0.2) is 48.5 Å². The highest BCUT2D eigenvalue weighted by atomic mass is 16.4. The predicted octanol–water partition coefficient (Wildman–Crippen LogP) is 1.23. The summed E-state index contributed by atoms with van der Waals surface area (Å²) in [5.74, 6) is -0.865. The Bertz CT molecular complexity index is 535. The minimum Gasteiger partial charge on any atom is -0.478 e. The minimum atomic E-state index is -0.865. The van der Waals surface area contributed by atoms with Gasteiger partial charge in [-0.2, -0.15) is 0 Å². The topological polar surface area (TPSA) is 37.3 Å². The maximum Gasteiger partial charge on any atom is 0.335 e. The Morgan fingerprint density at radius 3 is 2.47 bits per heavy atom. The van der Waals surface area contributed by atoms with Crippen LogP contribution in [0.3, 0.4) is 0 Å². The van der Waals surface area contributed by atoms with Crippen LogP contribution < -0.4 is 5.46 Å². The van der Waals surface area contributed by atoms with Gasteiger partial charge >= 0.3 is 5.97 Å². The fourth-order valence-corrected chi connectivity index (χ4v) is 1.89. The number of carbonyl (C=O) groups is 1. The molecule has 0 saturated carbocycles. The van der Waals surface area contributed by atoms with Gasteiger partial charge in [-0.25, -0.2) is 4.79 Å². The molecule has 0 amide bonds. The number of rotatable bonds is 3. The summed E-state index contributed by atoms with van der Waals surface area (Å²) in [4.78, 5) is 11.1. The molecule has 2 aromatic carbocycles. The number of hydrogen-bond acceptors (Lipinski definition) is 1. The highest BCUT2D eigenvalue weighted by Gasteiger charge is 2.09. The number of aromatic carboxylic acids is 1. The summed E-state index contributed by atoms with van der Waals surface area (Å²) in [6.45, 7) is 0. The normalized spacial score (nSPS) is 10.1. The Kier molecular flexibility index (Phi) is 3.28. The fourth-order valence-electron chi connectivity index (χ4n) is 1.89. The van der Waals surface area contributed by atoms with Crippen LogP contribution >= 0.6 is 0 Å². The van der Waals surface area contributed by atoms with Crippen molar-refractivity contribution in [1.29, 1.82) is 0 Å². The average molecular weight is 224 g/mol. The van der Waals surface area contributed by atoms with Gasteiger partial charge in [0.25, 0.3) is 0 Å². The molecule has 0 radical (unpaired) electrons. The zero-order chi connectivity index (χ0) is 12.3. The molecule has 3 heteroatoms. The molecule has 0 aliphatic heterocycles. The summed E-state index contributed by atoms with van der Waals surface area (Å²) in [5, 5.41) is 9.13. The van der Waals surface area contributed by atoms with Gasteiger partial charge in [-0.1, -0.05) is 47.9 Å². The molecule has 0 bridgehead atoms. The van der Waals surface area contributed by atoms with Gasteiger partial charge in [-0.3, -0.25) is 0 Å². The maximum absolute atomic E-state index is 11.1. The van der Waals surface area contributed by atoms with Crippen LogP contribution in [0.25, 0.3) is 0 Å². The first-order valence-electron chi connectivity index (χ1n) is 5.53. The maximum atomic E-state index is 11.1. The molecule has 0 atom stereocenters. The van der Waals surface area contributed by atoms with Crippen LogP contribution in [0.2, 0.25) is 0 Å². The molecule has 0 unspecified atom stereocenters. The van der Waals surface area contributed by atoms with E-state index in [9.17, 15) is 4.79 Å². The molecule has 84 valence electrons. The van der Waals surface area contributed by atoms with E-state index in [1.54, 1.807) is 6.07 Å². The van der Waals surface area contributed by atoms with Crippen molar-refractivity contribution in [3.8, 4) is 0 Å². The van der Waals surface area contributed by atoms with E-state index in [1.165, 1.54) is 0 Å². The standard InChI is InChI=1S/C14H13BO2/c15-12-6-7-13(14(16)17)11(9-12)8-10-4-2-1-3-5-10/h1-7,9H,8,15H2,(H,16,17). The largest absolute Gasteiger partial charge is 0.478 e. The number of carboxylic acid groups (broad SMARTS) is 1. The lowest BCUT2D eigenvalue weighted by atomic mass is 9.89. The van der Waals surface area contributed by atoms with Gasteiger partial charge in [0.2, 0.25) is 0 Å². The lowest BCUT2D eigenvalue weighted by molar-refractivity contribution is 0.0696. The Hall–Kier alpha value is -2.03. The zero-order valence-corrected chi connectivity index (χ0v) is 9.68. The van der Waals surface area contributed by atoms with Crippen molar-refractivity contribution in [3.05, 3.63) is 65.2 Å². The fraction of sp³-hybridized carbons (Fsp3) is 0.0714. The highest BCUT2D eigenvalue weighted by molar-refractivity contribution is 6.32. The minimum absolute atomic E-state index is 0.388.